The summed E-state index contributed by atoms with van der Waals surface area (Å²) >= 11 is 0. The van der Waals surface area contributed by atoms with E-state index < -0.39 is 6.04 Å². The molecule has 1 N–H and O–H groups in total. The first-order valence-corrected chi connectivity index (χ1v) is 8.80. The Balaban J connectivity index is 1.48. The van der Waals surface area contributed by atoms with Gasteiger partial charge in [-0.1, -0.05) is 24.3 Å². The molecule has 5 rings (SSSR count). The van der Waals surface area contributed by atoms with Crippen molar-refractivity contribution in [3.63, 3.8) is 0 Å². The molecule has 3 aromatic rings. The Hall–Kier alpha value is -3.15. The number of carbonyl (C=O) groups excluding carboxylic acids is 2. The fourth-order valence-corrected chi connectivity index (χ4v) is 4.10. The standard InChI is InChI=1S/C20H18N4O2/c1-12(19(25)23-9-8-15-16(10-23)22-11-21-15)24-17-7-3-5-13-4-2-6-14(18(13)17)20(24)26/h2-7,11-12H,8-10H2,1H3,(H,21,22)/t12-/m1/s1. The number of hydrogen-bond donors (Lipinski definition) is 1. The number of aromatic nitrogens is 2. The summed E-state index contributed by atoms with van der Waals surface area (Å²) in [5.41, 5.74) is 3.50. The molecule has 0 spiro atoms. The van der Waals surface area contributed by atoms with Gasteiger partial charge in [0, 0.05) is 23.9 Å². The third kappa shape index (κ3) is 2.02. The van der Waals surface area contributed by atoms with E-state index in [9.17, 15) is 9.59 Å². The zero-order valence-corrected chi connectivity index (χ0v) is 14.4. The van der Waals surface area contributed by atoms with Crippen LogP contribution in [0, 0.1) is 0 Å². The van der Waals surface area contributed by atoms with E-state index in [-0.39, 0.29) is 11.8 Å². The minimum absolute atomic E-state index is 0.0385. The average molecular weight is 346 g/mol. The van der Waals surface area contributed by atoms with Gasteiger partial charge in [-0.3, -0.25) is 14.5 Å². The van der Waals surface area contributed by atoms with Crippen molar-refractivity contribution in [1.82, 2.24) is 14.9 Å². The second-order valence-electron chi connectivity index (χ2n) is 6.87. The highest BCUT2D eigenvalue weighted by Crippen LogP contribution is 2.38. The Morgan fingerprint density at radius 3 is 2.88 bits per heavy atom. The third-order valence-corrected chi connectivity index (χ3v) is 5.42. The topological polar surface area (TPSA) is 69.3 Å². The predicted molar refractivity (Wildman–Crippen MR) is 97.9 cm³/mol. The number of H-pyrrole nitrogens is 1. The lowest BCUT2D eigenvalue weighted by Crippen LogP contribution is -2.49. The normalized spacial score (nSPS) is 16.9. The highest BCUT2D eigenvalue weighted by Gasteiger charge is 2.38. The van der Waals surface area contributed by atoms with Crippen LogP contribution in [0.3, 0.4) is 0 Å². The number of fused-ring (bicyclic) bond motifs is 1. The number of nitrogens with zero attached hydrogens (tertiary/aromatic N) is 3. The SMILES string of the molecule is C[C@H](C(=O)N1CCc2nc[nH]c2C1)N1C(=O)c2cccc3cccc1c23. The Morgan fingerprint density at radius 2 is 2.04 bits per heavy atom. The lowest BCUT2D eigenvalue weighted by atomic mass is 10.1. The second kappa shape index (κ2) is 5.42. The number of nitrogens with one attached hydrogen (secondary N) is 1. The number of imidazole rings is 1. The smallest absolute Gasteiger partial charge is 0.259 e. The van der Waals surface area contributed by atoms with Crippen molar-refractivity contribution in [2.75, 3.05) is 11.4 Å². The van der Waals surface area contributed by atoms with Gasteiger partial charge in [0.2, 0.25) is 5.91 Å². The monoisotopic (exact) mass is 346 g/mol. The maximum atomic E-state index is 13.1. The Bertz CT molecular complexity index is 1050. The lowest BCUT2D eigenvalue weighted by Gasteiger charge is -2.32. The van der Waals surface area contributed by atoms with Gasteiger partial charge in [0.25, 0.3) is 5.91 Å². The summed E-state index contributed by atoms with van der Waals surface area (Å²) in [4.78, 5) is 37.0. The van der Waals surface area contributed by atoms with Gasteiger partial charge in [-0.25, -0.2) is 4.98 Å². The molecule has 6 nitrogen and oxygen atoms in total. The van der Waals surface area contributed by atoms with Gasteiger partial charge in [-0.2, -0.15) is 0 Å². The number of amides is 2. The summed E-state index contributed by atoms with van der Waals surface area (Å²) in [5, 5.41) is 1.96. The first kappa shape index (κ1) is 15.1. The van der Waals surface area contributed by atoms with Crippen LogP contribution < -0.4 is 4.90 Å². The van der Waals surface area contributed by atoms with E-state index in [4.69, 9.17) is 0 Å². The van der Waals surface area contributed by atoms with Crippen LogP contribution in [0.2, 0.25) is 0 Å². The number of rotatable bonds is 2. The van der Waals surface area contributed by atoms with E-state index in [1.54, 1.807) is 11.2 Å². The Labute approximate surface area is 150 Å². The average Bonchev–Trinajstić information content (AvgIpc) is 3.25. The molecule has 130 valence electrons. The first-order valence-electron chi connectivity index (χ1n) is 8.80. The van der Waals surface area contributed by atoms with E-state index in [0.29, 0.717) is 18.7 Å². The predicted octanol–water partition coefficient (Wildman–Crippen LogP) is 2.50. The van der Waals surface area contributed by atoms with Crippen LogP contribution in [0.4, 0.5) is 5.69 Å². The van der Waals surface area contributed by atoms with Crippen molar-refractivity contribution in [1.29, 1.82) is 0 Å². The van der Waals surface area contributed by atoms with Crippen molar-refractivity contribution in [3.8, 4) is 0 Å². The minimum Gasteiger partial charge on any atom is -0.347 e. The molecule has 1 atom stereocenters. The Kier molecular flexibility index (Phi) is 3.16. The first-order chi connectivity index (χ1) is 12.6. The molecule has 0 fully saturated rings. The molecule has 2 aliphatic rings. The summed E-state index contributed by atoms with van der Waals surface area (Å²) in [5.74, 6) is -0.139. The fourth-order valence-electron chi connectivity index (χ4n) is 4.10. The summed E-state index contributed by atoms with van der Waals surface area (Å²) in [6, 6.07) is 11.0. The van der Waals surface area contributed by atoms with Gasteiger partial charge < -0.3 is 9.88 Å². The van der Waals surface area contributed by atoms with Crippen LogP contribution in [0.5, 0.6) is 0 Å². The molecule has 0 aliphatic carbocycles. The zero-order chi connectivity index (χ0) is 17.8. The van der Waals surface area contributed by atoms with Crippen molar-refractivity contribution in [3.05, 3.63) is 59.7 Å². The molecule has 0 unspecified atom stereocenters. The molecule has 2 aromatic carbocycles. The highest BCUT2D eigenvalue weighted by atomic mass is 16.2. The van der Waals surface area contributed by atoms with Crippen molar-refractivity contribution >= 4 is 28.3 Å². The maximum absolute atomic E-state index is 13.1. The molecule has 0 bridgehead atoms. The molecule has 0 radical (unpaired) electrons. The number of aromatic amines is 1. The van der Waals surface area contributed by atoms with Crippen molar-refractivity contribution in [2.45, 2.75) is 25.9 Å². The van der Waals surface area contributed by atoms with Crippen molar-refractivity contribution in [2.24, 2.45) is 0 Å². The molecular weight excluding hydrogens is 328 g/mol. The van der Waals surface area contributed by atoms with E-state index in [1.165, 1.54) is 0 Å². The van der Waals surface area contributed by atoms with E-state index in [0.717, 1.165) is 34.3 Å². The lowest BCUT2D eigenvalue weighted by molar-refractivity contribution is -0.133. The van der Waals surface area contributed by atoms with Gasteiger partial charge in [-0.05, 0) is 24.4 Å². The zero-order valence-electron chi connectivity index (χ0n) is 14.4. The minimum atomic E-state index is -0.551. The van der Waals surface area contributed by atoms with Gasteiger partial charge >= 0.3 is 0 Å². The van der Waals surface area contributed by atoms with E-state index in [2.05, 4.69) is 9.97 Å². The van der Waals surface area contributed by atoms with Crippen molar-refractivity contribution < 1.29 is 9.59 Å². The van der Waals surface area contributed by atoms with Crippen LogP contribution in [0.1, 0.15) is 28.7 Å². The molecule has 2 aliphatic heterocycles. The van der Waals surface area contributed by atoms with Gasteiger partial charge in [0.15, 0.2) is 0 Å². The van der Waals surface area contributed by atoms with Crippen LogP contribution in [-0.4, -0.2) is 39.3 Å². The van der Waals surface area contributed by atoms with Crippen LogP contribution in [0.15, 0.2) is 42.7 Å². The summed E-state index contributed by atoms with van der Waals surface area (Å²) in [6.07, 6.45) is 2.41. The Morgan fingerprint density at radius 1 is 1.23 bits per heavy atom. The molecule has 1 aromatic heterocycles. The molecule has 26 heavy (non-hydrogen) atoms. The second-order valence-corrected chi connectivity index (χ2v) is 6.87. The molecule has 0 saturated heterocycles. The fraction of sp³-hybridized carbons (Fsp3) is 0.250. The van der Waals surface area contributed by atoms with Crippen LogP contribution in [0.25, 0.3) is 10.8 Å². The number of anilines is 1. The summed E-state index contributed by atoms with van der Waals surface area (Å²) in [6.45, 7) is 2.95. The van der Waals surface area contributed by atoms with Crippen LogP contribution >= 0.6 is 0 Å². The van der Waals surface area contributed by atoms with Crippen LogP contribution in [-0.2, 0) is 17.8 Å². The van der Waals surface area contributed by atoms with E-state index >= 15 is 0 Å². The maximum Gasteiger partial charge on any atom is 0.259 e. The highest BCUT2D eigenvalue weighted by molar-refractivity contribution is 6.26. The van der Waals surface area contributed by atoms with Gasteiger partial charge in [0.05, 0.1) is 29.9 Å². The summed E-state index contributed by atoms with van der Waals surface area (Å²) in [7, 11) is 0. The largest absolute Gasteiger partial charge is 0.347 e. The van der Waals surface area contributed by atoms with E-state index in [1.807, 2.05) is 48.2 Å². The molecular formula is C20H18N4O2. The molecule has 6 heteroatoms. The number of hydrogen-bond acceptors (Lipinski definition) is 3. The molecule has 0 saturated carbocycles. The molecule has 2 amide bonds. The summed E-state index contributed by atoms with van der Waals surface area (Å²) < 4.78 is 0. The van der Waals surface area contributed by atoms with Gasteiger partial charge in [-0.15, -0.1) is 0 Å². The third-order valence-electron chi connectivity index (χ3n) is 5.42. The number of benzene rings is 2. The molecule has 3 heterocycles. The quantitative estimate of drug-likeness (QED) is 0.775. The van der Waals surface area contributed by atoms with Gasteiger partial charge in [0.1, 0.15) is 6.04 Å². The number of carbonyl (C=O) groups is 2.